The van der Waals surface area contributed by atoms with Crippen molar-refractivity contribution in [3.63, 3.8) is 0 Å². The van der Waals surface area contributed by atoms with Crippen LogP contribution in [0.2, 0.25) is 0 Å². The first-order valence-electron chi connectivity index (χ1n) is 11.7. The number of nitrogens with one attached hydrogen (secondary N) is 1. The van der Waals surface area contributed by atoms with Crippen LogP contribution in [0.25, 0.3) is 6.08 Å². The number of benzene rings is 3. The Morgan fingerprint density at radius 1 is 0.838 bits per heavy atom. The fourth-order valence-corrected chi connectivity index (χ4v) is 3.80. The van der Waals surface area contributed by atoms with E-state index in [0.29, 0.717) is 34.2 Å². The number of methoxy groups -OCH3 is 2. The molecule has 1 aliphatic heterocycles. The molecular formula is C29H28N2O6. The normalized spacial score (nSPS) is 13.9. The second-order valence-corrected chi connectivity index (χ2v) is 8.06. The predicted octanol–water partition coefficient (Wildman–Crippen LogP) is 4.35. The number of ether oxygens (including phenoxy) is 4. The zero-order valence-corrected chi connectivity index (χ0v) is 20.7. The number of para-hydroxylation sites is 1. The molecular weight excluding hydrogens is 472 g/mol. The van der Waals surface area contributed by atoms with Crippen LogP contribution in [0, 0.1) is 0 Å². The van der Waals surface area contributed by atoms with E-state index in [1.807, 2.05) is 30.3 Å². The first-order chi connectivity index (χ1) is 18.0. The number of carbonyl (C=O) groups excluding carboxylic acids is 2. The van der Waals surface area contributed by atoms with Crippen LogP contribution in [0.15, 0.2) is 85.0 Å². The van der Waals surface area contributed by atoms with E-state index in [2.05, 4.69) is 12.0 Å². The predicted molar refractivity (Wildman–Crippen MR) is 141 cm³/mol. The second-order valence-electron chi connectivity index (χ2n) is 8.06. The Morgan fingerprint density at radius 3 is 2.14 bits per heavy atom. The van der Waals surface area contributed by atoms with Gasteiger partial charge in [0, 0.05) is 0 Å². The molecule has 2 amide bonds. The SMILES string of the molecule is C=CCc1ccc(OCCOc2ccc(/C=C3/C(=O)NN(c4ccccc4)C3=O)cc2OC)c(OC)c1. The third kappa shape index (κ3) is 5.92. The number of rotatable bonds is 11. The van der Waals surface area contributed by atoms with Crippen molar-refractivity contribution in [2.24, 2.45) is 0 Å². The Balaban J connectivity index is 1.40. The monoisotopic (exact) mass is 500 g/mol. The molecule has 0 spiro atoms. The second kappa shape index (κ2) is 11.8. The first-order valence-corrected chi connectivity index (χ1v) is 11.7. The van der Waals surface area contributed by atoms with Crippen LogP contribution in [0.1, 0.15) is 11.1 Å². The largest absolute Gasteiger partial charge is 0.493 e. The van der Waals surface area contributed by atoms with E-state index in [9.17, 15) is 9.59 Å². The van der Waals surface area contributed by atoms with Gasteiger partial charge in [-0.15, -0.1) is 6.58 Å². The van der Waals surface area contributed by atoms with Gasteiger partial charge >= 0.3 is 0 Å². The van der Waals surface area contributed by atoms with E-state index < -0.39 is 11.8 Å². The summed E-state index contributed by atoms with van der Waals surface area (Å²) in [5.74, 6) is 1.34. The topological polar surface area (TPSA) is 86.3 Å². The minimum Gasteiger partial charge on any atom is -0.493 e. The molecule has 0 atom stereocenters. The molecule has 1 N–H and O–H groups in total. The average Bonchev–Trinajstić information content (AvgIpc) is 3.21. The number of hydrogen-bond acceptors (Lipinski definition) is 6. The lowest BCUT2D eigenvalue weighted by Crippen LogP contribution is -2.35. The van der Waals surface area contributed by atoms with Crippen LogP contribution in [-0.2, 0) is 16.0 Å². The molecule has 0 aliphatic carbocycles. The van der Waals surface area contributed by atoms with Crippen LogP contribution < -0.4 is 29.4 Å². The highest BCUT2D eigenvalue weighted by Crippen LogP contribution is 2.31. The summed E-state index contributed by atoms with van der Waals surface area (Å²) in [6.07, 6.45) is 4.10. The molecule has 1 aliphatic rings. The third-order valence-electron chi connectivity index (χ3n) is 5.61. The number of amides is 2. The van der Waals surface area contributed by atoms with E-state index in [-0.39, 0.29) is 18.8 Å². The maximum Gasteiger partial charge on any atom is 0.282 e. The third-order valence-corrected chi connectivity index (χ3v) is 5.61. The molecule has 1 saturated heterocycles. The van der Waals surface area contributed by atoms with Gasteiger partial charge in [0.25, 0.3) is 11.8 Å². The molecule has 0 radical (unpaired) electrons. The molecule has 3 aromatic rings. The summed E-state index contributed by atoms with van der Waals surface area (Å²) in [5.41, 5.74) is 4.91. The van der Waals surface area contributed by atoms with Gasteiger partial charge in [0.05, 0.1) is 19.9 Å². The number of nitrogens with zero attached hydrogens (tertiary/aromatic N) is 1. The summed E-state index contributed by atoms with van der Waals surface area (Å²) in [4.78, 5) is 25.3. The molecule has 0 unspecified atom stereocenters. The molecule has 0 bridgehead atoms. The smallest absolute Gasteiger partial charge is 0.282 e. The van der Waals surface area contributed by atoms with Crippen molar-refractivity contribution in [3.8, 4) is 23.0 Å². The summed E-state index contributed by atoms with van der Waals surface area (Å²) < 4.78 is 22.6. The Labute approximate surface area is 215 Å². The quantitative estimate of drug-likeness (QED) is 0.182. The van der Waals surface area contributed by atoms with E-state index in [1.165, 1.54) is 18.2 Å². The van der Waals surface area contributed by atoms with Crippen LogP contribution >= 0.6 is 0 Å². The Kier molecular flexibility index (Phi) is 8.10. The minimum absolute atomic E-state index is 0.0287. The molecule has 4 rings (SSSR count). The van der Waals surface area contributed by atoms with Crippen molar-refractivity contribution in [1.29, 1.82) is 0 Å². The van der Waals surface area contributed by atoms with Crippen molar-refractivity contribution < 1.29 is 28.5 Å². The number of anilines is 1. The highest BCUT2D eigenvalue weighted by atomic mass is 16.5. The van der Waals surface area contributed by atoms with Crippen molar-refractivity contribution in [2.45, 2.75) is 6.42 Å². The summed E-state index contributed by atoms with van der Waals surface area (Å²) in [6, 6.07) is 19.8. The lowest BCUT2D eigenvalue weighted by molar-refractivity contribution is -0.117. The molecule has 1 heterocycles. The van der Waals surface area contributed by atoms with Crippen LogP contribution in [0.3, 0.4) is 0 Å². The molecule has 3 aromatic carbocycles. The number of hydrazine groups is 1. The molecule has 8 nitrogen and oxygen atoms in total. The summed E-state index contributed by atoms with van der Waals surface area (Å²) >= 11 is 0. The lowest BCUT2D eigenvalue weighted by atomic mass is 10.1. The van der Waals surface area contributed by atoms with Crippen molar-refractivity contribution in [1.82, 2.24) is 5.43 Å². The summed E-state index contributed by atoms with van der Waals surface area (Å²) in [6.45, 7) is 4.31. The van der Waals surface area contributed by atoms with E-state index in [4.69, 9.17) is 18.9 Å². The van der Waals surface area contributed by atoms with Crippen LogP contribution in [0.4, 0.5) is 5.69 Å². The van der Waals surface area contributed by atoms with Gasteiger partial charge < -0.3 is 18.9 Å². The molecule has 0 saturated carbocycles. The van der Waals surface area contributed by atoms with E-state index in [1.54, 1.807) is 49.6 Å². The number of allylic oxidation sites excluding steroid dienone is 1. The zero-order valence-electron chi connectivity index (χ0n) is 20.7. The molecule has 0 aromatic heterocycles. The zero-order chi connectivity index (χ0) is 26.2. The van der Waals surface area contributed by atoms with Gasteiger partial charge in [-0.05, 0) is 60.0 Å². The summed E-state index contributed by atoms with van der Waals surface area (Å²) in [7, 11) is 3.12. The number of hydrogen-bond donors (Lipinski definition) is 1. The fraction of sp³-hybridized carbons (Fsp3) is 0.172. The van der Waals surface area contributed by atoms with E-state index >= 15 is 0 Å². The Bertz CT molecular complexity index is 1320. The van der Waals surface area contributed by atoms with Gasteiger partial charge in [0.2, 0.25) is 0 Å². The minimum atomic E-state index is -0.474. The molecule has 37 heavy (non-hydrogen) atoms. The lowest BCUT2D eigenvalue weighted by Gasteiger charge is -2.14. The highest BCUT2D eigenvalue weighted by molar-refractivity contribution is 6.31. The van der Waals surface area contributed by atoms with Crippen LogP contribution in [0.5, 0.6) is 23.0 Å². The van der Waals surface area contributed by atoms with Gasteiger partial charge in [-0.2, -0.15) is 0 Å². The van der Waals surface area contributed by atoms with Crippen molar-refractivity contribution in [2.75, 3.05) is 32.4 Å². The standard InChI is InChI=1S/C29H28N2O6/c1-4-8-20-11-13-24(26(18-20)34-2)36-15-16-37-25-14-12-21(19-27(25)35-3)17-23-28(32)30-31(29(23)33)22-9-6-5-7-10-22/h4-7,9-14,17-19H,1,8,15-16H2,2-3H3,(H,30,32)/b23-17-. The van der Waals surface area contributed by atoms with Gasteiger partial charge in [-0.1, -0.05) is 36.4 Å². The molecule has 190 valence electrons. The van der Waals surface area contributed by atoms with Crippen molar-refractivity contribution >= 4 is 23.6 Å². The van der Waals surface area contributed by atoms with E-state index in [0.717, 1.165) is 12.0 Å². The fourth-order valence-electron chi connectivity index (χ4n) is 3.80. The maximum atomic E-state index is 12.8. The molecule has 1 fully saturated rings. The molecule has 8 heteroatoms. The number of carbonyl (C=O) groups is 2. The Morgan fingerprint density at radius 2 is 1.49 bits per heavy atom. The van der Waals surface area contributed by atoms with Crippen molar-refractivity contribution in [3.05, 3.63) is 96.1 Å². The van der Waals surface area contributed by atoms with Gasteiger partial charge in [0.15, 0.2) is 23.0 Å². The maximum absolute atomic E-state index is 12.8. The van der Waals surface area contributed by atoms with Gasteiger partial charge in [-0.3, -0.25) is 15.0 Å². The summed E-state index contributed by atoms with van der Waals surface area (Å²) in [5, 5.41) is 1.23. The first kappa shape index (κ1) is 25.4. The average molecular weight is 501 g/mol. The van der Waals surface area contributed by atoms with Gasteiger partial charge in [0.1, 0.15) is 18.8 Å². The van der Waals surface area contributed by atoms with Gasteiger partial charge in [-0.25, -0.2) is 5.01 Å². The Hall–Kier alpha value is -4.72. The highest BCUT2D eigenvalue weighted by Gasteiger charge is 2.34. The van der Waals surface area contributed by atoms with Crippen LogP contribution in [-0.4, -0.2) is 39.2 Å².